The Bertz CT molecular complexity index is 1730. The van der Waals surface area contributed by atoms with Crippen molar-refractivity contribution in [1.29, 1.82) is 0 Å². The Hall–Kier alpha value is -4.71. The SMILES string of the molecule is CC/C=C\C/C=C\C/C=C\C/C=C\C/C=C\C/C=C\C/C=C\CCCCCCCCCCCCCCCC(=O)OCC(COC(=O)CCCCCCC/C=C\CCCCCC)OC(=O)CC/C=C\C/C=C\C/C=C\C/C=C\CC. The van der Waals surface area contributed by atoms with E-state index < -0.39 is 12.1 Å². The van der Waals surface area contributed by atoms with Crippen molar-refractivity contribution in [3.63, 3.8) is 0 Å². The summed E-state index contributed by atoms with van der Waals surface area (Å²) in [6, 6.07) is 0. The number of ether oxygens (including phenoxy) is 3. The van der Waals surface area contributed by atoms with E-state index in [2.05, 4.69) is 154 Å². The smallest absolute Gasteiger partial charge is 0.306 e. The molecule has 0 N–H and O–H groups in total. The molecule has 0 aromatic rings. The van der Waals surface area contributed by atoms with Gasteiger partial charge in [0.15, 0.2) is 6.10 Å². The molecule has 0 fully saturated rings. The third-order valence-electron chi connectivity index (χ3n) is 13.3. The van der Waals surface area contributed by atoms with E-state index in [4.69, 9.17) is 14.2 Å². The van der Waals surface area contributed by atoms with Gasteiger partial charge in [-0.3, -0.25) is 14.4 Å². The summed E-state index contributed by atoms with van der Waals surface area (Å²) in [5, 5.41) is 0. The predicted octanol–water partition coefficient (Wildman–Crippen LogP) is 22.3. The standard InChI is InChI=1S/C73H118O6/c1-4-7-10-13-16-19-22-25-26-27-28-29-30-31-32-33-34-35-36-37-38-39-40-41-42-43-44-45-46-49-51-54-57-60-63-66-72(75)78-69-70(79-73(76)67-64-61-58-55-52-48-24-21-18-15-12-9-6-3)68-77-71(74)65-62-59-56-53-50-47-23-20-17-14-11-8-5-2/h7,9-10,12,16,18-21,23,25-26,28-29,31-32,34-35,37-38,48,52,58,61,70H,4-6,8,11,13-15,17,22,24,27,30,33,36,39-47,49-51,53-57,59-60,62-69H2,1-3H3/b10-7-,12-9-,19-16-,21-18-,23-20-,26-25-,29-28-,32-31-,35-34-,38-37-,52-48-,61-58-. The zero-order chi connectivity index (χ0) is 57.1. The lowest BCUT2D eigenvalue weighted by Gasteiger charge is -2.18. The number of unbranched alkanes of at least 4 members (excludes halogenated alkanes) is 22. The van der Waals surface area contributed by atoms with Crippen LogP contribution in [0.25, 0.3) is 0 Å². The number of carbonyl (C=O) groups is 3. The fourth-order valence-corrected chi connectivity index (χ4v) is 8.55. The largest absolute Gasteiger partial charge is 0.462 e. The maximum Gasteiger partial charge on any atom is 0.306 e. The molecule has 446 valence electrons. The average molecular weight is 1090 g/mol. The van der Waals surface area contributed by atoms with E-state index in [0.29, 0.717) is 19.3 Å². The molecule has 0 heterocycles. The van der Waals surface area contributed by atoms with Crippen molar-refractivity contribution in [3.05, 3.63) is 146 Å². The molecule has 0 saturated heterocycles. The number of rotatable bonds is 57. The highest BCUT2D eigenvalue weighted by molar-refractivity contribution is 5.71. The van der Waals surface area contributed by atoms with Gasteiger partial charge in [0.2, 0.25) is 0 Å². The fraction of sp³-hybridized carbons (Fsp3) is 0.630. The van der Waals surface area contributed by atoms with Gasteiger partial charge in [0.25, 0.3) is 0 Å². The van der Waals surface area contributed by atoms with Crippen molar-refractivity contribution in [2.75, 3.05) is 13.2 Å². The van der Waals surface area contributed by atoms with Crippen molar-refractivity contribution in [1.82, 2.24) is 0 Å². The van der Waals surface area contributed by atoms with Crippen molar-refractivity contribution in [3.8, 4) is 0 Å². The van der Waals surface area contributed by atoms with E-state index in [1.807, 2.05) is 12.2 Å². The van der Waals surface area contributed by atoms with Gasteiger partial charge in [-0.05, 0) is 128 Å². The Balaban J connectivity index is 4.20. The molecule has 0 aromatic heterocycles. The first-order chi connectivity index (χ1) is 39.0. The zero-order valence-electron chi connectivity index (χ0n) is 51.1. The maximum atomic E-state index is 12.8. The molecule has 0 radical (unpaired) electrons. The number of allylic oxidation sites excluding steroid dienone is 24. The van der Waals surface area contributed by atoms with E-state index in [9.17, 15) is 14.4 Å². The van der Waals surface area contributed by atoms with Crippen LogP contribution in [0.1, 0.15) is 278 Å². The molecule has 0 aromatic carbocycles. The Labute approximate surface area is 487 Å². The van der Waals surface area contributed by atoms with E-state index in [1.54, 1.807) is 0 Å². The van der Waals surface area contributed by atoms with Gasteiger partial charge in [-0.15, -0.1) is 0 Å². The molecular formula is C73H118O6. The highest BCUT2D eigenvalue weighted by Gasteiger charge is 2.19. The summed E-state index contributed by atoms with van der Waals surface area (Å²) in [6.07, 6.45) is 94.6. The molecule has 0 aliphatic rings. The highest BCUT2D eigenvalue weighted by Crippen LogP contribution is 2.15. The van der Waals surface area contributed by atoms with Gasteiger partial charge in [0.1, 0.15) is 13.2 Å². The Kier molecular flexibility index (Phi) is 61.9. The molecule has 0 aliphatic carbocycles. The van der Waals surface area contributed by atoms with Crippen LogP contribution in [0.2, 0.25) is 0 Å². The van der Waals surface area contributed by atoms with Gasteiger partial charge in [-0.25, -0.2) is 0 Å². The van der Waals surface area contributed by atoms with Gasteiger partial charge >= 0.3 is 17.9 Å². The minimum absolute atomic E-state index is 0.112. The molecular weight excluding hydrogens is 973 g/mol. The third-order valence-corrected chi connectivity index (χ3v) is 13.3. The summed E-state index contributed by atoms with van der Waals surface area (Å²) < 4.78 is 16.8. The molecule has 79 heavy (non-hydrogen) atoms. The second kappa shape index (κ2) is 65.8. The van der Waals surface area contributed by atoms with Crippen LogP contribution in [0.5, 0.6) is 0 Å². The van der Waals surface area contributed by atoms with Crippen LogP contribution in [0, 0.1) is 0 Å². The molecule has 0 saturated carbocycles. The minimum atomic E-state index is -0.824. The number of hydrogen-bond donors (Lipinski definition) is 0. The first-order valence-corrected chi connectivity index (χ1v) is 32.3. The van der Waals surface area contributed by atoms with Crippen molar-refractivity contribution in [2.45, 2.75) is 284 Å². The third kappa shape index (κ3) is 64.0. The van der Waals surface area contributed by atoms with Gasteiger partial charge in [-0.2, -0.15) is 0 Å². The molecule has 6 heteroatoms. The second-order valence-electron chi connectivity index (χ2n) is 20.9. The first-order valence-electron chi connectivity index (χ1n) is 32.3. The molecule has 0 bridgehead atoms. The highest BCUT2D eigenvalue weighted by atomic mass is 16.6. The van der Waals surface area contributed by atoms with Crippen LogP contribution in [0.4, 0.5) is 0 Å². The summed E-state index contributed by atoms with van der Waals surface area (Å²) in [7, 11) is 0. The number of carbonyl (C=O) groups excluding carboxylic acids is 3. The van der Waals surface area contributed by atoms with Gasteiger partial charge in [0, 0.05) is 19.3 Å². The number of hydrogen-bond acceptors (Lipinski definition) is 6. The lowest BCUT2D eigenvalue weighted by molar-refractivity contribution is -0.166. The molecule has 1 atom stereocenters. The fourth-order valence-electron chi connectivity index (χ4n) is 8.55. The predicted molar refractivity (Wildman–Crippen MR) is 343 cm³/mol. The quantitative estimate of drug-likeness (QED) is 0.0261. The summed E-state index contributed by atoms with van der Waals surface area (Å²) in [5.74, 6) is -1.01. The van der Waals surface area contributed by atoms with Crippen molar-refractivity contribution in [2.24, 2.45) is 0 Å². The molecule has 1 unspecified atom stereocenters. The minimum Gasteiger partial charge on any atom is -0.462 e. The lowest BCUT2D eigenvalue weighted by atomic mass is 10.0. The van der Waals surface area contributed by atoms with Crippen LogP contribution < -0.4 is 0 Å². The Morgan fingerprint density at radius 3 is 0.835 bits per heavy atom. The zero-order valence-corrected chi connectivity index (χ0v) is 51.1. The normalized spacial score (nSPS) is 13.1. The van der Waals surface area contributed by atoms with E-state index in [0.717, 1.165) is 122 Å². The van der Waals surface area contributed by atoms with E-state index in [-0.39, 0.29) is 31.6 Å². The molecule has 0 amide bonds. The molecule has 0 rings (SSSR count). The first kappa shape index (κ1) is 74.3. The monoisotopic (exact) mass is 1090 g/mol. The van der Waals surface area contributed by atoms with Crippen LogP contribution in [-0.2, 0) is 28.6 Å². The summed E-state index contributed by atoms with van der Waals surface area (Å²) >= 11 is 0. The van der Waals surface area contributed by atoms with Gasteiger partial charge < -0.3 is 14.2 Å². The summed E-state index contributed by atoms with van der Waals surface area (Å²) in [6.45, 7) is 6.32. The second-order valence-corrected chi connectivity index (χ2v) is 20.9. The van der Waals surface area contributed by atoms with E-state index in [1.165, 1.54) is 109 Å². The average Bonchev–Trinajstić information content (AvgIpc) is 3.45. The molecule has 0 aliphatic heterocycles. The Morgan fingerprint density at radius 2 is 0.519 bits per heavy atom. The van der Waals surface area contributed by atoms with E-state index >= 15 is 0 Å². The van der Waals surface area contributed by atoms with Crippen molar-refractivity contribution < 1.29 is 28.6 Å². The lowest BCUT2D eigenvalue weighted by Crippen LogP contribution is -2.30. The maximum absolute atomic E-state index is 12.8. The molecule has 0 spiro atoms. The number of esters is 3. The molecule has 6 nitrogen and oxygen atoms in total. The van der Waals surface area contributed by atoms with Gasteiger partial charge in [-0.1, -0.05) is 276 Å². The Morgan fingerprint density at radius 1 is 0.266 bits per heavy atom. The van der Waals surface area contributed by atoms with Crippen LogP contribution >= 0.6 is 0 Å². The van der Waals surface area contributed by atoms with Crippen LogP contribution in [0.3, 0.4) is 0 Å². The van der Waals surface area contributed by atoms with Crippen LogP contribution in [-0.4, -0.2) is 37.2 Å². The topological polar surface area (TPSA) is 78.9 Å². The van der Waals surface area contributed by atoms with Crippen LogP contribution in [0.15, 0.2) is 146 Å². The van der Waals surface area contributed by atoms with Crippen molar-refractivity contribution >= 4 is 17.9 Å². The summed E-state index contributed by atoms with van der Waals surface area (Å²) in [4.78, 5) is 38.1. The summed E-state index contributed by atoms with van der Waals surface area (Å²) in [5.41, 5.74) is 0. The van der Waals surface area contributed by atoms with Gasteiger partial charge in [0.05, 0.1) is 0 Å².